The molecule has 2 fully saturated rings. The first-order valence-corrected chi connectivity index (χ1v) is 8.79. The average Bonchev–Trinajstić information content (AvgIpc) is 3.32. The van der Waals surface area contributed by atoms with Crippen LogP contribution in [0.15, 0.2) is 18.2 Å². The molecular formula is C18H24N2O4. The van der Waals surface area contributed by atoms with Gasteiger partial charge in [0.25, 0.3) is 0 Å². The van der Waals surface area contributed by atoms with Gasteiger partial charge in [-0.2, -0.15) is 0 Å². The molecule has 2 heterocycles. The van der Waals surface area contributed by atoms with Crippen molar-refractivity contribution in [3.63, 3.8) is 0 Å². The van der Waals surface area contributed by atoms with Crippen LogP contribution in [0.5, 0.6) is 11.5 Å². The number of rotatable bonds is 6. The Kier molecular flexibility index (Phi) is 4.58. The van der Waals surface area contributed by atoms with Crippen LogP contribution in [0.3, 0.4) is 0 Å². The van der Waals surface area contributed by atoms with Gasteiger partial charge in [-0.3, -0.25) is 9.69 Å². The van der Waals surface area contributed by atoms with Gasteiger partial charge in [0.2, 0.25) is 5.91 Å². The maximum Gasteiger partial charge on any atom is 0.238 e. The summed E-state index contributed by atoms with van der Waals surface area (Å²) in [6.45, 7) is 4.19. The lowest BCUT2D eigenvalue weighted by Crippen LogP contribution is -2.38. The lowest BCUT2D eigenvalue weighted by molar-refractivity contribution is -0.117. The van der Waals surface area contributed by atoms with Crippen molar-refractivity contribution in [2.75, 3.05) is 44.8 Å². The van der Waals surface area contributed by atoms with Gasteiger partial charge in [-0.05, 0) is 37.3 Å². The van der Waals surface area contributed by atoms with Crippen molar-refractivity contribution in [2.45, 2.75) is 25.3 Å². The second kappa shape index (κ2) is 6.99. The number of hydrogen-bond donors (Lipinski definition) is 1. The Morgan fingerprint density at radius 1 is 1.12 bits per heavy atom. The summed E-state index contributed by atoms with van der Waals surface area (Å²) in [6, 6.07) is 6.10. The van der Waals surface area contributed by atoms with Crippen LogP contribution >= 0.6 is 0 Å². The largest absolute Gasteiger partial charge is 0.486 e. The number of anilines is 1. The molecule has 0 radical (unpaired) electrons. The van der Waals surface area contributed by atoms with Gasteiger partial charge in [0.1, 0.15) is 13.2 Å². The van der Waals surface area contributed by atoms with Crippen LogP contribution in [0.2, 0.25) is 0 Å². The fraction of sp³-hybridized carbons (Fsp3) is 0.611. The summed E-state index contributed by atoms with van der Waals surface area (Å²) in [5.41, 5.74) is 0.754. The minimum absolute atomic E-state index is 0.0255. The summed E-state index contributed by atoms with van der Waals surface area (Å²) in [7, 11) is 0. The lowest BCUT2D eigenvalue weighted by atomic mass is 10.1. The van der Waals surface area contributed by atoms with Crippen molar-refractivity contribution < 1.29 is 19.0 Å². The molecule has 0 bridgehead atoms. The molecule has 1 aromatic carbocycles. The molecule has 4 rings (SSSR count). The van der Waals surface area contributed by atoms with Crippen LogP contribution in [-0.4, -0.2) is 56.4 Å². The molecule has 24 heavy (non-hydrogen) atoms. The van der Waals surface area contributed by atoms with Gasteiger partial charge in [0, 0.05) is 30.9 Å². The van der Waals surface area contributed by atoms with Gasteiger partial charge in [0.05, 0.1) is 13.2 Å². The monoisotopic (exact) mass is 332 g/mol. The minimum atomic E-state index is 0.0255. The Labute approximate surface area is 142 Å². The normalized spacial score (nSPS) is 22.6. The first-order valence-electron chi connectivity index (χ1n) is 8.79. The third kappa shape index (κ3) is 3.82. The topological polar surface area (TPSA) is 60.0 Å². The van der Waals surface area contributed by atoms with Crippen molar-refractivity contribution in [1.29, 1.82) is 0 Å². The highest BCUT2D eigenvalue weighted by Gasteiger charge is 2.32. The number of benzene rings is 1. The molecular weight excluding hydrogens is 308 g/mol. The maximum atomic E-state index is 12.4. The molecule has 3 aliphatic rings. The molecule has 2 aliphatic heterocycles. The summed E-state index contributed by atoms with van der Waals surface area (Å²) in [5.74, 6) is 2.02. The third-order valence-electron chi connectivity index (χ3n) is 4.75. The first kappa shape index (κ1) is 15.7. The van der Waals surface area contributed by atoms with Crippen molar-refractivity contribution in [1.82, 2.24) is 4.90 Å². The molecule has 1 amide bonds. The van der Waals surface area contributed by atoms with Crippen LogP contribution in [0, 0.1) is 5.92 Å². The molecule has 0 aromatic heterocycles. The smallest absolute Gasteiger partial charge is 0.238 e. The van der Waals surface area contributed by atoms with Crippen molar-refractivity contribution in [2.24, 2.45) is 5.92 Å². The van der Waals surface area contributed by atoms with Gasteiger partial charge in [0.15, 0.2) is 11.5 Å². The number of carbonyl (C=O) groups excluding carboxylic acids is 1. The van der Waals surface area contributed by atoms with E-state index >= 15 is 0 Å². The summed E-state index contributed by atoms with van der Waals surface area (Å²) in [4.78, 5) is 14.8. The third-order valence-corrected chi connectivity index (χ3v) is 4.75. The Morgan fingerprint density at radius 3 is 2.71 bits per heavy atom. The van der Waals surface area contributed by atoms with Crippen LogP contribution < -0.4 is 14.8 Å². The summed E-state index contributed by atoms with van der Waals surface area (Å²) >= 11 is 0. The predicted molar refractivity (Wildman–Crippen MR) is 89.6 cm³/mol. The van der Waals surface area contributed by atoms with Gasteiger partial charge < -0.3 is 19.5 Å². The SMILES string of the molecule is O=C(CN(CC1CCOC1)C1CC1)Nc1ccc2c(c1)OCCO2. The maximum absolute atomic E-state index is 12.4. The highest BCUT2D eigenvalue weighted by molar-refractivity contribution is 5.92. The lowest BCUT2D eigenvalue weighted by Gasteiger charge is -2.24. The van der Waals surface area contributed by atoms with E-state index in [2.05, 4.69) is 10.2 Å². The van der Waals surface area contributed by atoms with Gasteiger partial charge in [-0.15, -0.1) is 0 Å². The molecule has 1 atom stereocenters. The van der Waals surface area contributed by atoms with E-state index in [-0.39, 0.29) is 5.91 Å². The van der Waals surface area contributed by atoms with E-state index in [1.54, 1.807) is 0 Å². The number of amides is 1. The standard InChI is InChI=1S/C18H24N2O4/c21-18(11-20(15-2-3-15)10-13-5-6-22-12-13)19-14-1-4-16-17(9-14)24-8-7-23-16/h1,4,9,13,15H,2-3,5-8,10-12H2,(H,19,21). The average molecular weight is 332 g/mol. The Hall–Kier alpha value is -1.79. The second-order valence-electron chi connectivity index (χ2n) is 6.80. The number of fused-ring (bicyclic) bond motifs is 1. The molecule has 6 heteroatoms. The zero-order valence-electron chi connectivity index (χ0n) is 13.8. The Balaban J connectivity index is 1.34. The van der Waals surface area contributed by atoms with Crippen molar-refractivity contribution in [3.05, 3.63) is 18.2 Å². The Morgan fingerprint density at radius 2 is 1.96 bits per heavy atom. The van der Waals surface area contributed by atoms with Crippen LogP contribution in [0.25, 0.3) is 0 Å². The van der Waals surface area contributed by atoms with Gasteiger partial charge in [-0.1, -0.05) is 0 Å². The molecule has 1 aliphatic carbocycles. The molecule has 1 saturated carbocycles. The fourth-order valence-corrected chi connectivity index (χ4v) is 3.35. The zero-order valence-corrected chi connectivity index (χ0v) is 13.8. The zero-order chi connectivity index (χ0) is 16.4. The van der Waals surface area contributed by atoms with E-state index in [0.717, 1.165) is 37.6 Å². The summed E-state index contributed by atoms with van der Waals surface area (Å²) < 4.78 is 16.5. The molecule has 130 valence electrons. The van der Waals surface area contributed by atoms with Crippen molar-refractivity contribution >= 4 is 11.6 Å². The predicted octanol–water partition coefficient (Wildman–Crippen LogP) is 1.90. The minimum Gasteiger partial charge on any atom is -0.486 e. The summed E-state index contributed by atoms with van der Waals surface area (Å²) in [5, 5.41) is 2.98. The molecule has 6 nitrogen and oxygen atoms in total. The number of nitrogens with one attached hydrogen (secondary N) is 1. The first-order chi connectivity index (χ1) is 11.8. The number of nitrogens with zero attached hydrogens (tertiary/aromatic N) is 1. The number of hydrogen-bond acceptors (Lipinski definition) is 5. The van der Waals surface area contributed by atoms with E-state index in [1.165, 1.54) is 12.8 Å². The van der Waals surface area contributed by atoms with Gasteiger partial charge in [-0.25, -0.2) is 0 Å². The van der Waals surface area contributed by atoms with Crippen LogP contribution in [0.4, 0.5) is 5.69 Å². The molecule has 1 saturated heterocycles. The molecule has 0 spiro atoms. The van der Waals surface area contributed by atoms with E-state index in [9.17, 15) is 4.79 Å². The van der Waals surface area contributed by atoms with Crippen LogP contribution in [-0.2, 0) is 9.53 Å². The van der Waals surface area contributed by atoms with E-state index in [0.29, 0.717) is 37.5 Å². The second-order valence-corrected chi connectivity index (χ2v) is 6.80. The number of ether oxygens (including phenoxy) is 3. The molecule has 1 unspecified atom stereocenters. The fourth-order valence-electron chi connectivity index (χ4n) is 3.35. The highest BCUT2D eigenvalue weighted by Crippen LogP contribution is 2.33. The molecule has 1 aromatic rings. The Bertz CT molecular complexity index is 597. The molecule has 1 N–H and O–H groups in total. The van der Waals surface area contributed by atoms with Crippen LogP contribution in [0.1, 0.15) is 19.3 Å². The summed E-state index contributed by atoms with van der Waals surface area (Å²) in [6.07, 6.45) is 3.50. The van der Waals surface area contributed by atoms with E-state index in [4.69, 9.17) is 14.2 Å². The van der Waals surface area contributed by atoms with E-state index in [1.807, 2.05) is 18.2 Å². The highest BCUT2D eigenvalue weighted by atomic mass is 16.6. The quantitative estimate of drug-likeness (QED) is 0.862. The number of carbonyl (C=O) groups is 1. The van der Waals surface area contributed by atoms with Crippen molar-refractivity contribution in [3.8, 4) is 11.5 Å². The van der Waals surface area contributed by atoms with E-state index < -0.39 is 0 Å². The van der Waals surface area contributed by atoms with Gasteiger partial charge >= 0.3 is 0 Å².